The highest BCUT2D eigenvalue weighted by Gasteiger charge is 2.39. The Morgan fingerprint density at radius 1 is 1.29 bits per heavy atom. The SMILES string of the molecule is CCCNC(=O)c1nnc2n1CC1(CCN(Cc3nccs3)CC1)COC2.O=C(O)C(F)(F)F. The highest BCUT2D eigenvalue weighted by molar-refractivity contribution is 7.09. The van der Waals surface area contributed by atoms with E-state index in [9.17, 15) is 18.0 Å². The minimum Gasteiger partial charge on any atom is -0.475 e. The Labute approximate surface area is 198 Å². The summed E-state index contributed by atoms with van der Waals surface area (Å²) in [5.74, 6) is -1.74. The van der Waals surface area contributed by atoms with Crippen LogP contribution in [0.5, 0.6) is 0 Å². The molecule has 0 radical (unpaired) electrons. The second-order valence-electron chi connectivity index (χ2n) is 8.28. The van der Waals surface area contributed by atoms with Crippen molar-refractivity contribution in [1.29, 1.82) is 0 Å². The molecular formula is C20H27F3N6O4S. The number of carboxylic acid groups (broad SMARTS) is 1. The highest BCUT2D eigenvalue weighted by atomic mass is 32.1. The minimum atomic E-state index is -5.08. The third-order valence-electron chi connectivity index (χ3n) is 5.70. The van der Waals surface area contributed by atoms with E-state index in [1.807, 2.05) is 23.1 Å². The predicted octanol–water partition coefficient (Wildman–Crippen LogP) is 2.32. The number of thiazole rings is 1. The monoisotopic (exact) mass is 504 g/mol. The molecule has 0 aromatic carbocycles. The van der Waals surface area contributed by atoms with Gasteiger partial charge in [0.25, 0.3) is 5.91 Å². The number of ether oxygens (including phenoxy) is 1. The zero-order valence-corrected chi connectivity index (χ0v) is 19.5. The van der Waals surface area contributed by atoms with Crippen LogP contribution in [0.25, 0.3) is 0 Å². The van der Waals surface area contributed by atoms with Crippen LogP contribution in [-0.2, 0) is 29.2 Å². The van der Waals surface area contributed by atoms with Crippen LogP contribution in [0.1, 0.15) is 47.6 Å². The Hall–Kier alpha value is -2.58. The maximum absolute atomic E-state index is 12.5. The molecule has 4 heterocycles. The summed E-state index contributed by atoms with van der Waals surface area (Å²) in [7, 11) is 0. The van der Waals surface area contributed by atoms with E-state index in [1.54, 1.807) is 11.3 Å². The molecule has 2 aromatic rings. The Bertz CT molecular complexity index is 958. The standard InChI is InChI=1S/C18H26N6O2S.C2HF3O2/c1-2-5-20-17(25)16-22-21-14-11-26-13-18(12-24(14)16)3-7-23(8-4-18)10-15-19-6-9-27-15;3-2(4,5)1(6)7/h6,9H,2-5,7-8,10-13H2,1H3,(H,20,25);(H,6,7). The van der Waals surface area contributed by atoms with E-state index in [1.165, 1.54) is 5.01 Å². The van der Waals surface area contributed by atoms with E-state index in [4.69, 9.17) is 14.6 Å². The zero-order valence-electron chi connectivity index (χ0n) is 18.7. The molecule has 1 spiro atoms. The van der Waals surface area contributed by atoms with Gasteiger partial charge in [0.2, 0.25) is 5.82 Å². The number of fused-ring (bicyclic) bond motifs is 1. The summed E-state index contributed by atoms with van der Waals surface area (Å²) in [5, 5.41) is 21.6. The van der Waals surface area contributed by atoms with E-state index in [-0.39, 0.29) is 11.3 Å². The Kier molecular flexibility index (Phi) is 8.60. The van der Waals surface area contributed by atoms with Crippen molar-refractivity contribution in [2.24, 2.45) is 5.41 Å². The summed E-state index contributed by atoms with van der Waals surface area (Å²) < 4.78 is 39.7. The molecule has 188 valence electrons. The van der Waals surface area contributed by atoms with Gasteiger partial charge in [-0.1, -0.05) is 6.92 Å². The first-order chi connectivity index (χ1) is 16.1. The third-order valence-corrected chi connectivity index (χ3v) is 6.46. The molecule has 0 aliphatic carbocycles. The number of likely N-dealkylation sites (tertiary alicyclic amines) is 1. The lowest BCUT2D eigenvalue weighted by atomic mass is 9.79. The molecule has 0 saturated carbocycles. The molecule has 0 atom stereocenters. The van der Waals surface area contributed by atoms with Crippen molar-refractivity contribution in [2.45, 2.75) is 52.1 Å². The number of carbonyl (C=O) groups is 2. The number of amides is 1. The number of hydrogen-bond donors (Lipinski definition) is 2. The normalized spacial score (nSPS) is 17.9. The molecule has 0 unspecified atom stereocenters. The minimum absolute atomic E-state index is 0.0345. The molecule has 1 saturated heterocycles. The van der Waals surface area contributed by atoms with Gasteiger partial charge in [0.1, 0.15) is 11.6 Å². The highest BCUT2D eigenvalue weighted by Crippen LogP contribution is 2.36. The van der Waals surface area contributed by atoms with E-state index in [2.05, 4.69) is 25.4 Å². The van der Waals surface area contributed by atoms with Gasteiger partial charge in [0.15, 0.2) is 5.82 Å². The van der Waals surface area contributed by atoms with Crippen molar-refractivity contribution >= 4 is 23.2 Å². The van der Waals surface area contributed by atoms with Crippen LogP contribution >= 0.6 is 11.3 Å². The molecule has 10 nitrogen and oxygen atoms in total. The molecule has 2 aliphatic rings. The van der Waals surface area contributed by atoms with Gasteiger partial charge in [-0.05, 0) is 32.4 Å². The third kappa shape index (κ3) is 6.73. The van der Waals surface area contributed by atoms with Crippen molar-refractivity contribution in [1.82, 2.24) is 30.0 Å². The van der Waals surface area contributed by atoms with E-state index < -0.39 is 12.1 Å². The molecule has 2 aromatic heterocycles. The van der Waals surface area contributed by atoms with Crippen LogP contribution in [0, 0.1) is 5.41 Å². The Morgan fingerprint density at radius 2 is 2.00 bits per heavy atom. The van der Waals surface area contributed by atoms with Crippen LogP contribution in [0.3, 0.4) is 0 Å². The quantitative estimate of drug-likeness (QED) is 0.636. The fourth-order valence-electron chi connectivity index (χ4n) is 3.84. The number of alkyl halides is 3. The maximum Gasteiger partial charge on any atom is 0.490 e. The number of hydrogen-bond acceptors (Lipinski definition) is 8. The fourth-order valence-corrected chi connectivity index (χ4v) is 4.50. The van der Waals surface area contributed by atoms with Gasteiger partial charge < -0.3 is 19.7 Å². The van der Waals surface area contributed by atoms with Gasteiger partial charge in [-0.25, -0.2) is 9.78 Å². The van der Waals surface area contributed by atoms with Gasteiger partial charge in [-0.2, -0.15) is 13.2 Å². The Balaban J connectivity index is 0.000000406. The Morgan fingerprint density at radius 3 is 2.59 bits per heavy atom. The second kappa shape index (κ2) is 11.2. The lowest BCUT2D eigenvalue weighted by Gasteiger charge is -2.40. The van der Waals surface area contributed by atoms with E-state index in [0.717, 1.165) is 51.3 Å². The molecular weight excluding hydrogens is 477 g/mol. The van der Waals surface area contributed by atoms with Gasteiger partial charge in [0, 0.05) is 30.1 Å². The van der Waals surface area contributed by atoms with Gasteiger partial charge >= 0.3 is 12.1 Å². The maximum atomic E-state index is 12.5. The van der Waals surface area contributed by atoms with Crippen LogP contribution in [0.15, 0.2) is 11.6 Å². The number of carboxylic acids is 1. The van der Waals surface area contributed by atoms with Gasteiger partial charge in [-0.15, -0.1) is 21.5 Å². The molecule has 1 fully saturated rings. The summed E-state index contributed by atoms with van der Waals surface area (Å²) in [4.78, 5) is 28.2. The number of aromatic nitrogens is 4. The summed E-state index contributed by atoms with van der Waals surface area (Å²) in [5.41, 5.74) is 0.0345. The van der Waals surface area contributed by atoms with Crippen LogP contribution in [0.2, 0.25) is 0 Å². The van der Waals surface area contributed by atoms with E-state index in [0.29, 0.717) is 25.6 Å². The van der Waals surface area contributed by atoms with Crippen molar-refractivity contribution in [3.63, 3.8) is 0 Å². The molecule has 34 heavy (non-hydrogen) atoms. The smallest absolute Gasteiger partial charge is 0.475 e. The van der Waals surface area contributed by atoms with E-state index >= 15 is 0 Å². The average molecular weight is 505 g/mol. The first-order valence-electron chi connectivity index (χ1n) is 10.8. The number of rotatable bonds is 5. The molecule has 14 heteroatoms. The summed E-state index contributed by atoms with van der Waals surface area (Å²) >= 11 is 1.71. The molecule has 2 N–H and O–H groups in total. The molecule has 4 rings (SSSR count). The zero-order chi connectivity index (χ0) is 24.8. The van der Waals surface area contributed by atoms with Crippen molar-refractivity contribution in [2.75, 3.05) is 26.2 Å². The van der Waals surface area contributed by atoms with Crippen LogP contribution in [0.4, 0.5) is 13.2 Å². The topological polar surface area (TPSA) is 122 Å². The number of nitrogens with zero attached hydrogens (tertiary/aromatic N) is 5. The van der Waals surface area contributed by atoms with Crippen molar-refractivity contribution in [3.8, 4) is 0 Å². The van der Waals surface area contributed by atoms with Crippen LogP contribution < -0.4 is 5.32 Å². The van der Waals surface area contributed by atoms with Gasteiger partial charge in [-0.3, -0.25) is 9.69 Å². The fraction of sp³-hybridized carbons (Fsp3) is 0.650. The largest absolute Gasteiger partial charge is 0.490 e. The molecule has 2 aliphatic heterocycles. The number of carbonyl (C=O) groups excluding carboxylic acids is 1. The summed E-state index contributed by atoms with van der Waals surface area (Å²) in [6, 6.07) is 0. The lowest BCUT2D eigenvalue weighted by Crippen LogP contribution is -2.44. The van der Waals surface area contributed by atoms with Gasteiger partial charge in [0.05, 0.1) is 13.2 Å². The van der Waals surface area contributed by atoms with Crippen molar-refractivity contribution < 1.29 is 32.6 Å². The summed E-state index contributed by atoms with van der Waals surface area (Å²) in [6.45, 7) is 7.49. The number of piperidine rings is 1. The van der Waals surface area contributed by atoms with Crippen LogP contribution in [-0.4, -0.2) is 74.0 Å². The van der Waals surface area contributed by atoms with Crippen molar-refractivity contribution in [3.05, 3.63) is 28.2 Å². The summed E-state index contributed by atoms with van der Waals surface area (Å²) in [6.07, 6.45) is -0.254. The molecule has 1 amide bonds. The molecule has 0 bridgehead atoms. The lowest BCUT2D eigenvalue weighted by molar-refractivity contribution is -0.192. The number of nitrogens with one attached hydrogen (secondary N) is 1. The predicted molar refractivity (Wildman–Crippen MR) is 115 cm³/mol. The first-order valence-corrected chi connectivity index (χ1v) is 11.7. The first kappa shape index (κ1) is 26.0. The number of halogens is 3. The second-order valence-corrected chi connectivity index (χ2v) is 9.26. The number of aliphatic carboxylic acids is 1. The average Bonchev–Trinajstić information content (AvgIpc) is 3.40.